The predicted octanol–water partition coefficient (Wildman–Crippen LogP) is 3.63. The van der Waals surface area contributed by atoms with E-state index in [1.54, 1.807) is 26.1 Å². The molecule has 32 heavy (non-hydrogen) atoms. The van der Waals surface area contributed by atoms with Gasteiger partial charge in [0, 0.05) is 11.1 Å². The number of amides is 1. The van der Waals surface area contributed by atoms with Crippen molar-refractivity contribution in [2.24, 2.45) is 0 Å². The van der Waals surface area contributed by atoms with Crippen molar-refractivity contribution in [3.63, 3.8) is 0 Å². The minimum Gasteiger partial charge on any atom is -0.462 e. The molecule has 8 nitrogen and oxygen atoms in total. The number of anilines is 1. The summed E-state index contributed by atoms with van der Waals surface area (Å²) >= 11 is 2.55. The number of hydrogen-bond acceptors (Lipinski definition) is 8. The molecule has 10 heteroatoms. The van der Waals surface area contributed by atoms with Crippen LogP contribution in [0.4, 0.5) is 5.00 Å². The van der Waals surface area contributed by atoms with E-state index in [9.17, 15) is 14.4 Å². The smallest absolute Gasteiger partial charge is 0.355 e. The van der Waals surface area contributed by atoms with Crippen molar-refractivity contribution in [2.45, 2.75) is 56.9 Å². The van der Waals surface area contributed by atoms with Crippen molar-refractivity contribution in [3.8, 4) is 0 Å². The molecular weight excluding hydrogens is 448 g/mol. The van der Waals surface area contributed by atoms with Gasteiger partial charge >= 0.3 is 11.7 Å². The molecule has 0 radical (unpaired) electrons. The number of rotatable bonds is 6. The number of thiophene rings is 1. The molecule has 1 aliphatic rings. The fourth-order valence-electron chi connectivity index (χ4n) is 3.65. The van der Waals surface area contributed by atoms with Gasteiger partial charge in [-0.25, -0.2) is 14.6 Å². The summed E-state index contributed by atoms with van der Waals surface area (Å²) in [6.07, 6.45) is 5.49. The Morgan fingerprint density at radius 1 is 1.28 bits per heavy atom. The van der Waals surface area contributed by atoms with E-state index < -0.39 is 16.9 Å². The molecule has 1 amide bonds. The number of nitrogens with one attached hydrogen (secondary N) is 1. The lowest BCUT2D eigenvalue weighted by Crippen LogP contribution is -2.25. The highest BCUT2D eigenvalue weighted by molar-refractivity contribution is 8.00. The highest BCUT2D eigenvalue weighted by atomic mass is 32.2. The second kappa shape index (κ2) is 9.41. The minimum atomic E-state index is -0.573. The van der Waals surface area contributed by atoms with E-state index in [1.165, 1.54) is 15.7 Å². The number of aryl methyl sites for hydroxylation is 2. The molecular formula is C22H24N4O4S2. The molecule has 0 aromatic carbocycles. The summed E-state index contributed by atoms with van der Waals surface area (Å²) < 4.78 is 6.63. The molecule has 0 saturated carbocycles. The summed E-state index contributed by atoms with van der Waals surface area (Å²) in [6, 6.07) is 3.61. The van der Waals surface area contributed by atoms with Gasteiger partial charge in [-0.3, -0.25) is 9.20 Å². The summed E-state index contributed by atoms with van der Waals surface area (Å²) in [6.45, 7) is 5.64. The Balaban J connectivity index is 1.55. The number of carbonyl (C=O) groups is 2. The topological polar surface area (TPSA) is 103 Å². The molecule has 168 valence electrons. The number of nitrogens with zero attached hydrogens (tertiary/aromatic N) is 3. The maximum absolute atomic E-state index is 12.9. The van der Waals surface area contributed by atoms with Gasteiger partial charge in [0.05, 0.1) is 17.4 Å². The molecule has 3 aromatic rings. The van der Waals surface area contributed by atoms with E-state index in [0.717, 1.165) is 53.4 Å². The number of ether oxygens (including phenoxy) is 1. The van der Waals surface area contributed by atoms with Crippen molar-refractivity contribution in [3.05, 3.63) is 50.4 Å². The average Bonchev–Trinajstić information content (AvgIpc) is 3.12. The SMILES string of the molecule is CCOC(=O)c1c(NC(=O)[C@@H](C)Sc2nc(=O)n3cc(C)ccc3n2)sc2c1CCCC2. The van der Waals surface area contributed by atoms with Crippen LogP contribution in [0.5, 0.6) is 0 Å². The number of esters is 1. The lowest BCUT2D eigenvalue weighted by Gasteiger charge is -2.13. The predicted molar refractivity (Wildman–Crippen MR) is 125 cm³/mol. The Bertz CT molecular complexity index is 1250. The van der Waals surface area contributed by atoms with E-state index in [1.807, 2.05) is 13.0 Å². The van der Waals surface area contributed by atoms with Gasteiger partial charge in [-0.1, -0.05) is 17.8 Å². The highest BCUT2D eigenvalue weighted by Crippen LogP contribution is 2.39. The van der Waals surface area contributed by atoms with Crippen LogP contribution in [-0.4, -0.2) is 38.1 Å². The van der Waals surface area contributed by atoms with Crippen LogP contribution in [0.25, 0.3) is 5.65 Å². The maximum atomic E-state index is 12.9. The number of pyridine rings is 1. The van der Waals surface area contributed by atoms with Gasteiger partial charge in [-0.15, -0.1) is 11.3 Å². The Hall–Kier alpha value is -2.72. The van der Waals surface area contributed by atoms with Crippen LogP contribution in [0.3, 0.4) is 0 Å². The van der Waals surface area contributed by atoms with Crippen LogP contribution in [-0.2, 0) is 22.4 Å². The third kappa shape index (κ3) is 4.56. The van der Waals surface area contributed by atoms with Crippen LogP contribution in [0.1, 0.15) is 53.1 Å². The molecule has 0 saturated heterocycles. The lowest BCUT2D eigenvalue weighted by molar-refractivity contribution is -0.115. The van der Waals surface area contributed by atoms with Gasteiger partial charge in [0.2, 0.25) is 5.91 Å². The van der Waals surface area contributed by atoms with Crippen LogP contribution >= 0.6 is 23.1 Å². The normalized spacial score (nSPS) is 14.1. The molecule has 0 unspecified atom stereocenters. The third-order valence-electron chi connectivity index (χ3n) is 5.22. The molecule has 0 bridgehead atoms. The number of carbonyl (C=O) groups excluding carboxylic acids is 2. The fraction of sp³-hybridized carbons (Fsp3) is 0.409. The first-order valence-corrected chi connectivity index (χ1v) is 12.2. The Morgan fingerprint density at radius 2 is 2.06 bits per heavy atom. The first kappa shape index (κ1) is 22.5. The summed E-state index contributed by atoms with van der Waals surface area (Å²) in [4.78, 5) is 47.4. The van der Waals surface area contributed by atoms with Gasteiger partial charge in [0.1, 0.15) is 10.6 Å². The monoisotopic (exact) mass is 472 g/mol. The molecule has 0 aliphatic heterocycles. The van der Waals surface area contributed by atoms with Gasteiger partial charge in [-0.05, 0) is 63.6 Å². The van der Waals surface area contributed by atoms with Crippen LogP contribution in [0.15, 0.2) is 28.3 Å². The zero-order chi connectivity index (χ0) is 22.8. The molecule has 1 atom stereocenters. The van der Waals surface area contributed by atoms with E-state index in [2.05, 4.69) is 15.3 Å². The highest BCUT2D eigenvalue weighted by Gasteiger charge is 2.28. The van der Waals surface area contributed by atoms with Crippen molar-refractivity contribution in [2.75, 3.05) is 11.9 Å². The molecule has 0 spiro atoms. The van der Waals surface area contributed by atoms with Crippen molar-refractivity contribution < 1.29 is 14.3 Å². The van der Waals surface area contributed by atoms with E-state index in [-0.39, 0.29) is 17.7 Å². The van der Waals surface area contributed by atoms with E-state index in [0.29, 0.717) is 16.2 Å². The second-order valence-corrected chi connectivity index (χ2v) is 10.0. The van der Waals surface area contributed by atoms with Gasteiger partial charge in [0.15, 0.2) is 5.16 Å². The minimum absolute atomic E-state index is 0.234. The largest absolute Gasteiger partial charge is 0.462 e. The molecule has 0 fully saturated rings. The first-order chi connectivity index (χ1) is 15.4. The summed E-state index contributed by atoms with van der Waals surface area (Å²) in [5, 5.41) is 3.10. The van der Waals surface area contributed by atoms with Gasteiger partial charge in [-0.2, -0.15) is 4.98 Å². The summed E-state index contributed by atoms with van der Waals surface area (Å²) in [5.74, 6) is -0.685. The molecule has 4 rings (SSSR count). The zero-order valence-electron chi connectivity index (χ0n) is 18.1. The molecule has 1 N–H and O–H groups in total. The summed E-state index contributed by atoms with van der Waals surface area (Å²) in [7, 11) is 0. The Labute approximate surface area is 193 Å². The lowest BCUT2D eigenvalue weighted by atomic mass is 9.95. The van der Waals surface area contributed by atoms with E-state index in [4.69, 9.17) is 4.74 Å². The van der Waals surface area contributed by atoms with Crippen LogP contribution < -0.4 is 11.0 Å². The van der Waals surface area contributed by atoms with Crippen molar-refractivity contribution in [1.82, 2.24) is 14.4 Å². The zero-order valence-corrected chi connectivity index (χ0v) is 19.8. The number of hydrogen-bond donors (Lipinski definition) is 1. The number of aromatic nitrogens is 3. The molecule has 1 aliphatic carbocycles. The molecule has 3 aromatic heterocycles. The standard InChI is InChI=1S/C22H24N4O4S2/c1-4-30-20(28)17-14-7-5-6-8-15(14)32-19(17)24-18(27)13(3)31-21-23-16-10-9-12(2)11-26(16)22(29)25-21/h9-11,13H,4-8H2,1-3H3,(H,24,27)/t13-/m1/s1. The Kier molecular flexibility index (Phi) is 6.61. The Morgan fingerprint density at radius 3 is 2.84 bits per heavy atom. The first-order valence-electron chi connectivity index (χ1n) is 10.5. The second-order valence-electron chi connectivity index (χ2n) is 7.61. The molecule has 3 heterocycles. The van der Waals surface area contributed by atoms with Crippen molar-refractivity contribution >= 4 is 45.6 Å². The van der Waals surface area contributed by atoms with Crippen LogP contribution in [0.2, 0.25) is 0 Å². The van der Waals surface area contributed by atoms with Gasteiger partial charge < -0.3 is 10.1 Å². The number of fused-ring (bicyclic) bond motifs is 2. The third-order valence-corrected chi connectivity index (χ3v) is 7.39. The van der Waals surface area contributed by atoms with E-state index >= 15 is 0 Å². The van der Waals surface area contributed by atoms with Crippen LogP contribution in [0, 0.1) is 6.92 Å². The fourth-order valence-corrected chi connectivity index (χ4v) is 5.69. The number of thioether (sulfide) groups is 1. The quantitative estimate of drug-likeness (QED) is 0.432. The summed E-state index contributed by atoms with van der Waals surface area (Å²) in [5.41, 5.74) is 2.43. The van der Waals surface area contributed by atoms with Crippen molar-refractivity contribution in [1.29, 1.82) is 0 Å². The maximum Gasteiger partial charge on any atom is 0.355 e. The van der Waals surface area contributed by atoms with Gasteiger partial charge in [0.25, 0.3) is 0 Å². The average molecular weight is 473 g/mol.